The van der Waals surface area contributed by atoms with Gasteiger partial charge in [-0.15, -0.1) is 0 Å². The summed E-state index contributed by atoms with van der Waals surface area (Å²) in [6.07, 6.45) is 1.29. The Morgan fingerprint density at radius 3 is 2.42 bits per heavy atom. The van der Waals surface area contributed by atoms with E-state index in [9.17, 15) is 14.4 Å². The van der Waals surface area contributed by atoms with Crippen LogP contribution in [0.25, 0.3) is 0 Å². The molecule has 31 heavy (non-hydrogen) atoms. The second-order valence-electron chi connectivity index (χ2n) is 8.10. The predicted octanol–water partition coefficient (Wildman–Crippen LogP) is 2.58. The van der Waals surface area contributed by atoms with Crippen molar-refractivity contribution in [3.63, 3.8) is 0 Å². The maximum atomic E-state index is 13.1. The third-order valence-electron chi connectivity index (χ3n) is 6.14. The second-order valence-corrected chi connectivity index (χ2v) is 8.10. The van der Waals surface area contributed by atoms with Gasteiger partial charge in [0, 0.05) is 19.5 Å². The molecule has 1 saturated heterocycles. The number of likely N-dealkylation sites (tertiary alicyclic amines) is 1. The SMILES string of the molecule is CNC(=O)[C@]1(NC(=O)[C@@H]2CCCN2C(=O)OCc2ccccc2)C[C@H]1c1ccccc1. The molecule has 2 aromatic carbocycles. The number of likely N-dealkylation sites (N-methyl/N-ethyl adjacent to an activating group) is 1. The van der Waals surface area contributed by atoms with Crippen molar-refractivity contribution in [3.05, 3.63) is 71.8 Å². The largest absolute Gasteiger partial charge is 0.445 e. The Kier molecular flexibility index (Phi) is 5.93. The lowest BCUT2D eigenvalue weighted by Gasteiger charge is -2.26. The summed E-state index contributed by atoms with van der Waals surface area (Å²) in [4.78, 5) is 39.9. The Hall–Kier alpha value is -3.35. The molecule has 1 aliphatic carbocycles. The van der Waals surface area contributed by atoms with Gasteiger partial charge in [0.15, 0.2) is 0 Å². The summed E-state index contributed by atoms with van der Waals surface area (Å²) in [7, 11) is 1.57. The van der Waals surface area contributed by atoms with Gasteiger partial charge in [-0.2, -0.15) is 0 Å². The smallest absolute Gasteiger partial charge is 0.410 e. The summed E-state index contributed by atoms with van der Waals surface area (Å²) in [5.41, 5.74) is 0.922. The predicted molar refractivity (Wildman–Crippen MR) is 115 cm³/mol. The standard InChI is InChI=1S/C24H27N3O4/c1-25-22(29)24(15-19(24)18-11-6-3-7-12-18)26-21(28)20-13-8-14-27(20)23(30)31-16-17-9-4-2-5-10-17/h2-7,9-12,19-20H,8,13-16H2,1H3,(H,25,29)(H,26,28)/t19-,20-,24-/m0/s1. The molecule has 2 fully saturated rings. The molecule has 0 radical (unpaired) electrons. The molecule has 2 N–H and O–H groups in total. The molecule has 3 atom stereocenters. The van der Waals surface area contributed by atoms with Gasteiger partial charge in [0.05, 0.1) is 0 Å². The highest BCUT2D eigenvalue weighted by Crippen LogP contribution is 2.51. The van der Waals surface area contributed by atoms with Crippen LogP contribution in [0.3, 0.4) is 0 Å². The first-order valence-corrected chi connectivity index (χ1v) is 10.6. The average Bonchev–Trinajstić information content (AvgIpc) is 3.32. The molecule has 1 heterocycles. The van der Waals surface area contributed by atoms with E-state index in [0.717, 1.165) is 11.1 Å². The van der Waals surface area contributed by atoms with Gasteiger partial charge in [-0.25, -0.2) is 4.79 Å². The summed E-state index contributed by atoms with van der Waals surface area (Å²) in [6, 6.07) is 18.5. The highest BCUT2D eigenvalue weighted by molar-refractivity contribution is 5.98. The molecule has 2 aromatic rings. The first kappa shape index (κ1) is 20.9. The fourth-order valence-electron chi connectivity index (χ4n) is 4.38. The van der Waals surface area contributed by atoms with Gasteiger partial charge in [0.1, 0.15) is 18.2 Å². The minimum absolute atomic E-state index is 0.0857. The number of carbonyl (C=O) groups excluding carboxylic acids is 3. The molecular weight excluding hydrogens is 394 g/mol. The minimum Gasteiger partial charge on any atom is -0.445 e. The van der Waals surface area contributed by atoms with Crippen molar-refractivity contribution in [1.82, 2.24) is 15.5 Å². The van der Waals surface area contributed by atoms with Crippen LogP contribution in [-0.4, -0.2) is 48.0 Å². The van der Waals surface area contributed by atoms with Crippen LogP contribution in [0.1, 0.15) is 36.3 Å². The van der Waals surface area contributed by atoms with Crippen LogP contribution in [-0.2, 0) is 20.9 Å². The van der Waals surface area contributed by atoms with Gasteiger partial charge in [-0.1, -0.05) is 60.7 Å². The number of carbonyl (C=O) groups is 3. The van der Waals surface area contributed by atoms with Gasteiger partial charge in [-0.3, -0.25) is 14.5 Å². The van der Waals surface area contributed by atoms with Crippen molar-refractivity contribution in [3.8, 4) is 0 Å². The first-order valence-electron chi connectivity index (χ1n) is 10.6. The normalized spacial score (nSPS) is 24.4. The maximum Gasteiger partial charge on any atom is 0.410 e. The number of nitrogens with zero attached hydrogens (tertiary/aromatic N) is 1. The fraction of sp³-hybridized carbons (Fsp3) is 0.375. The zero-order chi connectivity index (χ0) is 21.8. The van der Waals surface area contributed by atoms with Crippen molar-refractivity contribution in [2.24, 2.45) is 0 Å². The average molecular weight is 421 g/mol. The van der Waals surface area contributed by atoms with Crippen molar-refractivity contribution in [2.45, 2.75) is 43.4 Å². The molecule has 7 heteroatoms. The fourth-order valence-corrected chi connectivity index (χ4v) is 4.38. The molecule has 0 bridgehead atoms. The zero-order valence-corrected chi connectivity index (χ0v) is 17.5. The highest BCUT2D eigenvalue weighted by Gasteiger charge is 2.62. The van der Waals surface area contributed by atoms with E-state index in [2.05, 4.69) is 10.6 Å². The second kappa shape index (κ2) is 8.79. The molecule has 2 aliphatic rings. The van der Waals surface area contributed by atoms with Crippen LogP contribution in [0.2, 0.25) is 0 Å². The van der Waals surface area contributed by atoms with E-state index in [1.165, 1.54) is 4.90 Å². The Morgan fingerprint density at radius 2 is 1.74 bits per heavy atom. The molecule has 4 rings (SSSR count). The van der Waals surface area contributed by atoms with Crippen LogP contribution >= 0.6 is 0 Å². The Labute approximate surface area is 181 Å². The lowest BCUT2D eigenvalue weighted by atomic mass is 10.0. The van der Waals surface area contributed by atoms with Crippen LogP contribution < -0.4 is 10.6 Å². The number of hydrogen-bond donors (Lipinski definition) is 2. The maximum absolute atomic E-state index is 13.1. The van der Waals surface area contributed by atoms with E-state index in [1.807, 2.05) is 60.7 Å². The van der Waals surface area contributed by atoms with Gasteiger partial charge in [0.2, 0.25) is 11.8 Å². The van der Waals surface area contributed by atoms with E-state index >= 15 is 0 Å². The molecule has 162 valence electrons. The molecule has 1 aliphatic heterocycles. The van der Waals surface area contributed by atoms with E-state index in [0.29, 0.717) is 25.8 Å². The number of nitrogens with one attached hydrogen (secondary N) is 2. The molecule has 1 saturated carbocycles. The first-order chi connectivity index (χ1) is 15.0. The highest BCUT2D eigenvalue weighted by atomic mass is 16.6. The lowest BCUT2D eigenvalue weighted by Crippen LogP contribution is -2.55. The Bertz CT molecular complexity index is 950. The number of rotatable bonds is 6. The van der Waals surface area contributed by atoms with Gasteiger partial charge >= 0.3 is 6.09 Å². The third kappa shape index (κ3) is 4.26. The monoisotopic (exact) mass is 421 g/mol. The number of amides is 3. The topological polar surface area (TPSA) is 87.7 Å². The van der Waals surface area contributed by atoms with Crippen molar-refractivity contribution in [2.75, 3.05) is 13.6 Å². The number of benzene rings is 2. The van der Waals surface area contributed by atoms with Crippen LogP contribution in [0, 0.1) is 0 Å². The zero-order valence-electron chi connectivity index (χ0n) is 17.5. The van der Waals surface area contributed by atoms with Crippen LogP contribution in [0.4, 0.5) is 4.79 Å². The summed E-state index contributed by atoms with van der Waals surface area (Å²) < 4.78 is 5.42. The van der Waals surface area contributed by atoms with Crippen molar-refractivity contribution < 1.29 is 19.1 Å². The summed E-state index contributed by atoms with van der Waals surface area (Å²) in [5, 5.41) is 5.64. The molecule has 0 aromatic heterocycles. The van der Waals surface area contributed by atoms with E-state index < -0.39 is 17.7 Å². The van der Waals surface area contributed by atoms with Crippen LogP contribution in [0.5, 0.6) is 0 Å². The molecule has 0 spiro atoms. The van der Waals surface area contributed by atoms with Crippen molar-refractivity contribution >= 4 is 17.9 Å². The number of ether oxygens (including phenoxy) is 1. The van der Waals surface area contributed by atoms with E-state index in [-0.39, 0.29) is 24.3 Å². The molecule has 7 nitrogen and oxygen atoms in total. The van der Waals surface area contributed by atoms with Crippen molar-refractivity contribution in [1.29, 1.82) is 0 Å². The lowest BCUT2D eigenvalue weighted by molar-refractivity contribution is -0.132. The van der Waals surface area contributed by atoms with Gasteiger partial charge < -0.3 is 15.4 Å². The Morgan fingerprint density at radius 1 is 1.06 bits per heavy atom. The summed E-state index contributed by atoms with van der Waals surface area (Å²) in [5.74, 6) is -0.611. The summed E-state index contributed by atoms with van der Waals surface area (Å²) in [6.45, 7) is 0.615. The molecule has 3 amide bonds. The molecular formula is C24H27N3O4. The third-order valence-corrected chi connectivity index (χ3v) is 6.14. The van der Waals surface area contributed by atoms with E-state index in [1.54, 1.807) is 7.05 Å². The minimum atomic E-state index is -0.977. The number of hydrogen-bond acceptors (Lipinski definition) is 4. The molecule has 0 unspecified atom stereocenters. The summed E-state index contributed by atoms with van der Waals surface area (Å²) >= 11 is 0. The van der Waals surface area contributed by atoms with Gasteiger partial charge in [-0.05, 0) is 30.4 Å². The van der Waals surface area contributed by atoms with Gasteiger partial charge in [0.25, 0.3) is 0 Å². The Balaban J connectivity index is 1.42. The van der Waals surface area contributed by atoms with Crippen LogP contribution in [0.15, 0.2) is 60.7 Å². The van der Waals surface area contributed by atoms with E-state index in [4.69, 9.17) is 4.74 Å². The quantitative estimate of drug-likeness (QED) is 0.751.